The van der Waals surface area contributed by atoms with Gasteiger partial charge >= 0.3 is 11.9 Å². The van der Waals surface area contributed by atoms with E-state index >= 15 is 0 Å². The highest BCUT2D eigenvalue weighted by Crippen LogP contribution is 2.38. The molecule has 5 aromatic rings. The van der Waals surface area contributed by atoms with Gasteiger partial charge in [-0.25, -0.2) is 19.7 Å². The van der Waals surface area contributed by atoms with E-state index in [0.717, 1.165) is 12.5 Å². The summed E-state index contributed by atoms with van der Waals surface area (Å²) < 4.78 is 51.5. The molecular weight excluding hydrogens is 642 g/mol. The zero-order valence-electron chi connectivity index (χ0n) is 25.6. The summed E-state index contributed by atoms with van der Waals surface area (Å²) >= 11 is 0. The molecule has 246 valence electrons. The van der Waals surface area contributed by atoms with E-state index in [4.69, 9.17) is 18.4 Å². The number of nitrogens with zero attached hydrogens (tertiary/aromatic N) is 4. The molecule has 4 atom stereocenters. The molecule has 1 saturated heterocycles. The van der Waals surface area contributed by atoms with Gasteiger partial charge in [-0.1, -0.05) is 54.1 Å². The Morgan fingerprint density at radius 3 is 2.21 bits per heavy atom. The van der Waals surface area contributed by atoms with Crippen LogP contribution in [0.1, 0.15) is 39.4 Å². The van der Waals surface area contributed by atoms with E-state index < -0.39 is 59.1 Å². The summed E-state index contributed by atoms with van der Waals surface area (Å²) in [5, 5.41) is 2.71. The van der Waals surface area contributed by atoms with Crippen LogP contribution in [0.2, 0.25) is 0 Å². The second-order valence-electron chi connectivity index (χ2n) is 10.8. The van der Waals surface area contributed by atoms with Gasteiger partial charge in [-0.05, 0) is 43.3 Å². The van der Waals surface area contributed by atoms with Crippen molar-refractivity contribution in [3.63, 3.8) is 0 Å². The number of ether oxygens (including phenoxy) is 3. The van der Waals surface area contributed by atoms with Gasteiger partial charge in [0, 0.05) is 12.5 Å². The van der Waals surface area contributed by atoms with Gasteiger partial charge in [0.1, 0.15) is 25.1 Å². The Labute approximate surface area is 274 Å². The zero-order valence-corrected chi connectivity index (χ0v) is 26.4. The minimum absolute atomic E-state index is 0.0951. The summed E-state index contributed by atoms with van der Waals surface area (Å²) in [6.45, 7) is 2.49. The Hall–Kier alpha value is -5.51. The first-order chi connectivity index (χ1) is 23.1. The minimum atomic E-state index is -4.44. The van der Waals surface area contributed by atoms with Crippen molar-refractivity contribution < 1.29 is 41.2 Å². The molecule has 14 nitrogen and oxygen atoms in total. The average molecular weight is 672 g/mol. The molecule has 0 spiro atoms. The lowest BCUT2D eigenvalue weighted by atomic mass is 10.1. The van der Waals surface area contributed by atoms with Crippen LogP contribution in [0.25, 0.3) is 11.2 Å². The lowest BCUT2D eigenvalue weighted by molar-refractivity contribution is -0.155. The Morgan fingerprint density at radius 2 is 1.54 bits per heavy atom. The number of amides is 1. The summed E-state index contributed by atoms with van der Waals surface area (Å²) in [5.41, 5.74) is 1.82. The number of imidazole rings is 1. The van der Waals surface area contributed by atoms with E-state index in [1.54, 1.807) is 79.7 Å². The second-order valence-corrected chi connectivity index (χ2v) is 12.4. The maximum absolute atomic E-state index is 13.5. The monoisotopic (exact) mass is 671 g/mol. The largest absolute Gasteiger partial charge is 0.459 e. The number of carbonyl (C=O) groups excluding carboxylic acids is 3. The highest BCUT2D eigenvalue weighted by atomic mass is 32.2. The predicted molar refractivity (Wildman–Crippen MR) is 169 cm³/mol. The molecule has 1 fully saturated rings. The SMILES string of the molecule is CC(=O)OC1C(OS(=O)(=O)c2ccc(C)cc2)C(COC(=O)c2ccccc2)OC1n1cnc2c(NC(=O)c3ccccc3)ncnc21. The fraction of sp³-hybridized carbons (Fsp3) is 0.212. The molecule has 48 heavy (non-hydrogen) atoms. The van der Waals surface area contributed by atoms with Crippen molar-refractivity contribution in [2.45, 2.75) is 43.3 Å². The number of rotatable bonds is 10. The standard InChI is InChI=1S/C33H29N5O9S/c1-20-13-15-24(16-14-20)48(42,43)47-27-25(17-44-33(41)23-11-7-4-8-12-23)46-32(28(27)45-21(2)39)38-19-36-26-29(34-18-35-30(26)38)37-31(40)22-9-5-3-6-10-22/h3-16,18-19,25,27-28,32H,17H2,1-2H3,(H,34,35,37,40). The van der Waals surface area contributed by atoms with Gasteiger partial charge in [0.15, 0.2) is 29.3 Å². The predicted octanol–water partition coefficient (Wildman–Crippen LogP) is 3.85. The van der Waals surface area contributed by atoms with E-state index in [2.05, 4.69) is 20.3 Å². The molecule has 3 aromatic carbocycles. The molecule has 1 aliphatic heterocycles. The lowest BCUT2D eigenvalue weighted by Crippen LogP contribution is -2.41. The van der Waals surface area contributed by atoms with E-state index in [1.165, 1.54) is 29.4 Å². The highest BCUT2D eigenvalue weighted by Gasteiger charge is 2.52. The van der Waals surface area contributed by atoms with Crippen LogP contribution < -0.4 is 5.32 Å². The van der Waals surface area contributed by atoms with Crippen LogP contribution >= 0.6 is 0 Å². The lowest BCUT2D eigenvalue weighted by Gasteiger charge is -2.24. The van der Waals surface area contributed by atoms with Crippen molar-refractivity contribution in [3.8, 4) is 0 Å². The van der Waals surface area contributed by atoms with Crippen molar-refractivity contribution >= 4 is 44.9 Å². The zero-order chi connectivity index (χ0) is 33.8. The van der Waals surface area contributed by atoms with Crippen molar-refractivity contribution in [1.29, 1.82) is 0 Å². The molecule has 0 bridgehead atoms. The van der Waals surface area contributed by atoms with Crippen molar-refractivity contribution in [3.05, 3.63) is 114 Å². The topological polar surface area (TPSA) is 178 Å². The third-order valence-electron chi connectivity index (χ3n) is 7.42. The third kappa shape index (κ3) is 6.92. The first-order valence-electron chi connectivity index (χ1n) is 14.7. The van der Waals surface area contributed by atoms with Gasteiger partial charge in [-0.15, -0.1) is 0 Å². The molecule has 6 rings (SSSR count). The Bertz CT molecular complexity index is 2060. The average Bonchev–Trinajstić information content (AvgIpc) is 3.65. The number of benzene rings is 3. The molecule has 0 radical (unpaired) electrons. The fourth-order valence-corrected chi connectivity index (χ4v) is 6.23. The summed E-state index contributed by atoms with van der Waals surface area (Å²) in [7, 11) is -4.44. The van der Waals surface area contributed by atoms with Crippen LogP contribution in [-0.4, -0.2) is 70.7 Å². The molecule has 0 aliphatic carbocycles. The number of hydrogen-bond donors (Lipinski definition) is 1. The van der Waals surface area contributed by atoms with Gasteiger partial charge < -0.3 is 19.5 Å². The molecule has 3 heterocycles. The van der Waals surface area contributed by atoms with E-state index in [0.29, 0.717) is 5.56 Å². The second kappa shape index (κ2) is 13.7. The quantitative estimate of drug-likeness (QED) is 0.168. The number of hydrogen-bond acceptors (Lipinski definition) is 12. The van der Waals surface area contributed by atoms with E-state index in [1.807, 2.05) is 0 Å². The van der Waals surface area contributed by atoms with Crippen LogP contribution in [0.3, 0.4) is 0 Å². The normalized spacial score (nSPS) is 19.1. The molecule has 2 aromatic heterocycles. The molecule has 1 aliphatic rings. The number of aryl methyl sites for hydroxylation is 1. The Balaban J connectivity index is 1.35. The minimum Gasteiger partial charge on any atom is -0.459 e. The summed E-state index contributed by atoms with van der Waals surface area (Å²) in [4.78, 5) is 50.8. The highest BCUT2D eigenvalue weighted by molar-refractivity contribution is 7.86. The van der Waals surface area contributed by atoms with Gasteiger partial charge in [0.25, 0.3) is 16.0 Å². The Kier molecular flexibility index (Phi) is 9.25. The maximum atomic E-state index is 13.5. The molecule has 4 unspecified atom stereocenters. The maximum Gasteiger partial charge on any atom is 0.338 e. The first-order valence-corrected chi connectivity index (χ1v) is 16.1. The summed E-state index contributed by atoms with van der Waals surface area (Å²) in [6, 6.07) is 22.7. The third-order valence-corrected chi connectivity index (χ3v) is 8.75. The van der Waals surface area contributed by atoms with E-state index in [-0.39, 0.29) is 27.4 Å². The van der Waals surface area contributed by atoms with Crippen LogP contribution in [-0.2, 0) is 33.3 Å². The number of nitrogens with one attached hydrogen (secondary N) is 1. The van der Waals surface area contributed by atoms with Gasteiger partial charge in [-0.2, -0.15) is 8.42 Å². The van der Waals surface area contributed by atoms with Crippen LogP contribution in [0.4, 0.5) is 5.82 Å². The number of anilines is 1. The number of carbonyl (C=O) groups is 3. The summed E-state index contributed by atoms with van der Waals surface area (Å²) in [5.74, 6) is -1.79. The molecule has 0 saturated carbocycles. The van der Waals surface area contributed by atoms with Crippen molar-refractivity contribution in [2.75, 3.05) is 11.9 Å². The fourth-order valence-electron chi connectivity index (χ4n) is 5.12. The van der Waals surface area contributed by atoms with Gasteiger partial charge in [0.05, 0.1) is 16.8 Å². The smallest absolute Gasteiger partial charge is 0.338 e. The Morgan fingerprint density at radius 1 is 0.875 bits per heavy atom. The molecule has 1 amide bonds. The van der Waals surface area contributed by atoms with Crippen LogP contribution in [0, 0.1) is 6.92 Å². The molecule has 15 heteroatoms. The number of esters is 2. The molecule has 1 N–H and O–H groups in total. The van der Waals surface area contributed by atoms with Crippen LogP contribution in [0.15, 0.2) is 102 Å². The summed E-state index contributed by atoms with van der Waals surface area (Å²) in [6.07, 6.45) is -2.86. The van der Waals surface area contributed by atoms with Crippen molar-refractivity contribution in [1.82, 2.24) is 19.5 Å². The van der Waals surface area contributed by atoms with Crippen LogP contribution in [0.5, 0.6) is 0 Å². The van der Waals surface area contributed by atoms with E-state index in [9.17, 15) is 22.8 Å². The van der Waals surface area contributed by atoms with Gasteiger partial charge in [-0.3, -0.25) is 18.3 Å². The first kappa shape index (κ1) is 32.4. The number of aromatic nitrogens is 4. The molecular formula is C33H29N5O9S. The van der Waals surface area contributed by atoms with Crippen molar-refractivity contribution in [2.24, 2.45) is 0 Å². The number of fused-ring (bicyclic) bond motifs is 1. The van der Waals surface area contributed by atoms with Gasteiger partial charge in [0.2, 0.25) is 0 Å².